The summed E-state index contributed by atoms with van der Waals surface area (Å²) in [5, 5.41) is 12.1. The number of halogens is 2. The van der Waals surface area contributed by atoms with Gasteiger partial charge in [-0.3, -0.25) is 4.79 Å². The third-order valence-corrected chi connectivity index (χ3v) is 3.69. The zero-order valence-corrected chi connectivity index (χ0v) is 13.7. The number of hydrogen-bond donors (Lipinski definition) is 1. The lowest BCUT2D eigenvalue weighted by atomic mass is 10.2. The number of rotatable bonds is 4. The Morgan fingerprint density at radius 3 is 2.62 bits per heavy atom. The van der Waals surface area contributed by atoms with Crippen molar-refractivity contribution < 1.29 is 9.53 Å². The van der Waals surface area contributed by atoms with Gasteiger partial charge in [0.25, 0.3) is 5.91 Å². The van der Waals surface area contributed by atoms with E-state index in [1.54, 1.807) is 42.5 Å². The second-order valence-corrected chi connectivity index (χ2v) is 5.70. The van der Waals surface area contributed by atoms with E-state index in [4.69, 9.17) is 21.6 Å². The Kier molecular flexibility index (Phi) is 5.42. The van der Waals surface area contributed by atoms with Crippen LogP contribution in [0.4, 0.5) is 5.69 Å². The highest BCUT2D eigenvalue weighted by Crippen LogP contribution is 2.22. The fraction of sp³-hybridized carbons (Fsp3) is 0.0667. The average molecular weight is 413 g/mol. The van der Waals surface area contributed by atoms with Gasteiger partial charge in [-0.25, -0.2) is 0 Å². The molecule has 0 aliphatic rings. The molecule has 0 aliphatic carbocycles. The molecule has 0 fully saturated rings. The van der Waals surface area contributed by atoms with E-state index in [2.05, 4.69) is 27.9 Å². The Morgan fingerprint density at radius 2 is 2.00 bits per heavy atom. The van der Waals surface area contributed by atoms with E-state index in [0.717, 1.165) is 3.57 Å². The molecule has 0 atom stereocenters. The van der Waals surface area contributed by atoms with Crippen LogP contribution in [0.2, 0.25) is 5.02 Å². The zero-order valence-electron chi connectivity index (χ0n) is 10.8. The molecule has 0 heterocycles. The Morgan fingerprint density at radius 1 is 1.29 bits per heavy atom. The number of carbonyl (C=O) groups excluding carboxylic acids is 1. The van der Waals surface area contributed by atoms with Crippen molar-refractivity contribution in [2.45, 2.75) is 0 Å². The van der Waals surface area contributed by atoms with Gasteiger partial charge in [-0.05, 0) is 65.1 Å². The maximum absolute atomic E-state index is 11.8. The van der Waals surface area contributed by atoms with Crippen molar-refractivity contribution in [3.63, 3.8) is 0 Å². The van der Waals surface area contributed by atoms with Gasteiger partial charge in [0.1, 0.15) is 5.75 Å². The van der Waals surface area contributed by atoms with Crippen LogP contribution in [-0.4, -0.2) is 12.5 Å². The Hall–Kier alpha value is -1.78. The summed E-state index contributed by atoms with van der Waals surface area (Å²) in [5.74, 6) is 0.273. The van der Waals surface area contributed by atoms with Crippen LogP contribution in [-0.2, 0) is 4.79 Å². The third-order valence-electron chi connectivity index (χ3n) is 2.56. The van der Waals surface area contributed by atoms with Crippen molar-refractivity contribution in [3.8, 4) is 11.8 Å². The molecule has 106 valence electrons. The van der Waals surface area contributed by atoms with Gasteiger partial charge >= 0.3 is 0 Å². The van der Waals surface area contributed by atoms with E-state index in [-0.39, 0.29) is 12.5 Å². The minimum atomic E-state index is -0.264. The Bertz CT molecular complexity index is 696. The van der Waals surface area contributed by atoms with E-state index in [9.17, 15) is 4.79 Å². The summed E-state index contributed by atoms with van der Waals surface area (Å²) in [5.41, 5.74) is 1.23. The van der Waals surface area contributed by atoms with Crippen molar-refractivity contribution in [2.75, 3.05) is 11.9 Å². The number of nitrogens with one attached hydrogen (secondary N) is 1. The summed E-state index contributed by atoms with van der Waals surface area (Å²) in [6, 6.07) is 13.8. The first-order valence-electron chi connectivity index (χ1n) is 5.96. The predicted octanol–water partition coefficient (Wildman–Crippen LogP) is 3.83. The SMILES string of the molecule is N#Cc1ccc(OCC(=O)Nc2ccc(Cl)cc2I)cc1. The van der Waals surface area contributed by atoms with Crippen LogP contribution in [0.25, 0.3) is 0 Å². The summed E-state index contributed by atoms with van der Waals surface area (Å²) in [6.07, 6.45) is 0. The van der Waals surface area contributed by atoms with Crippen molar-refractivity contribution in [2.24, 2.45) is 0 Å². The number of hydrogen-bond acceptors (Lipinski definition) is 3. The predicted molar refractivity (Wildman–Crippen MR) is 89.5 cm³/mol. The normalized spacial score (nSPS) is 9.76. The molecule has 0 spiro atoms. The highest BCUT2D eigenvalue weighted by molar-refractivity contribution is 14.1. The number of nitrogens with zero attached hydrogens (tertiary/aromatic N) is 1. The summed E-state index contributed by atoms with van der Waals surface area (Å²) in [7, 11) is 0. The molecule has 0 unspecified atom stereocenters. The van der Waals surface area contributed by atoms with Gasteiger partial charge < -0.3 is 10.1 Å². The minimum Gasteiger partial charge on any atom is -0.484 e. The lowest BCUT2D eigenvalue weighted by molar-refractivity contribution is -0.118. The molecule has 0 saturated heterocycles. The van der Waals surface area contributed by atoms with E-state index in [1.165, 1.54) is 0 Å². The van der Waals surface area contributed by atoms with E-state index in [0.29, 0.717) is 22.0 Å². The lowest BCUT2D eigenvalue weighted by Crippen LogP contribution is -2.20. The first kappa shape index (κ1) is 15.6. The molecule has 1 amide bonds. The Labute approximate surface area is 140 Å². The molecule has 0 aromatic heterocycles. The summed E-state index contributed by atoms with van der Waals surface area (Å²) >= 11 is 7.95. The molecular formula is C15H10ClIN2O2. The van der Waals surface area contributed by atoms with Crippen LogP contribution in [0.1, 0.15) is 5.56 Å². The number of ether oxygens (including phenoxy) is 1. The van der Waals surface area contributed by atoms with Gasteiger partial charge in [0.05, 0.1) is 17.3 Å². The van der Waals surface area contributed by atoms with Crippen LogP contribution < -0.4 is 10.1 Å². The summed E-state index contributed by atoms with van der Waals surface area (Å²) in [6.45, 7) is -0.107. The fourth-order valence-electron chi connectivity index (χ4n) is 1.55. The molecule has 2 aromatic carbocycles. The summed E-state index contributed by atoms with van der Waals surface area (Å²) in [4.78, 5) is 11.8. The van der Waals surface area contributed by atoms with Gasteiger partial charge in [-0.1, -0.05) is 11.6 Å². The standard InChI is InChI=1S/C15H10ClIN2O2/c16-11-3-6-14(13(17)7-11)19-15(20)9-21-12-4-1-10(8-18)2-5-12/h1-7H,9H2,(H,19,20). The molecule has 6 heteroatoms. The molecule has 21 heavy (non-hydrogen) atoms. The number of carbonyl (C=O) groups is 1. The van der Waals surface area contributed by atoms with E-state index >= 15 is 0 Å². The first-order valence-corrected chi connectivity index (χ1v) is 7.42. The largest absolute Gasteiger partial charge is 0.484 e. The maximum atomic E-state index is 11.8. The number of anilines is 1. The Balaban J connectivity index is 1.91. The molecular weight excluding hydrogens is 403 g/mol. The van der Waals surface area contributed by atoms with Crippen molar-refractivity contribution >= 4 is 45.8 Å². The second-order valence-electron chi connectivity index (χ2n) is 4.10. The molecule has 0 saturated carbocycles. The van der Waals surface area contributed by atoms with Crippen LogP contribution in [0.3, 0.4) is 0 Å². The highest BCUT2D eigenvalue weighted by Gasteiger charge is 2.07. The molecule has 0 radical (unpaired) electrons. The molecule has 0 bridgehead atoms. The van der Waals surface area contributed by atoms with Crippen molar-refractivity contribution in [3.05, 3.63) is 56.6 Å². The second kappa shape index (κ2) is 7.29. The minimum absolute atomic E-state index is 0.107. The third kappa shape index (κ3) is 4.62. The fourth-order valence-corrected chi connectivity index (χ4v) is 2.56. The van der Waals surface area contributed by atoms with Gasteiger partial charge in [0, 0.05) is 8.59 Å². The van der Waals surface area contributed by atoms with Crippen LogP contribution in [0, 0.1) is 14.9 Å². The molecule has 2 rings (SSSR count). The van der Waals surface area contributed by atoms with Gasteiger partial charge in [0.15, 0.2) is 6.61 Å². The smallest absolute Gasteiger partial charge is 0.262 e. The molecule has 0 aliphatic heterocycles. The highest BCUT2D eigenvalue weighted by atomic mass is 127. The van der Waals surface area contributed by atoms with Gasteiger partial charge in [-0.15, -0.1) is 0 Å². The number of amides is 1. The monoisotopic (exact) mass is 412 g/mol. The topological polar surface area (TPSA) is 62.1 Å². The van der Waals surface area contributed by atoms with Crippen LogP contribution in [0.15, 0.2) is 42.5 Å². The molecule has 4 nitrogen and oxygen atoms in total. The number of nitriles is 1. The average Bonchev–Trinajstić information content (AvgIpc) is 2.48. The van der Waals surface area contributed by atoms with Gasteiger partial charge in [0.2, 0.25) is 0 Å². The van der Waals surface area contributed by atoms with E-state index < -0.39 is 0 Å². The first-order chi connectivity index (χ1) is 10.1. The van der Waals surface area contributed by atoms with Crippen LogP contribution in [0.5, 0.6) is 5.75 Å². The summed E-state index contributed by atoms with van der Waals surface area (Å²) < 4.78 is 6.21. The quantitative estimate of drug-likeness (QED) is 0.776. The zero-order chi connectivity index (χ0) is 15.2. The van der Waals surface area contributed by atoms with Crippen LogP contribution >= 0.6 is 34.2 Å². The van der Waals surface area contributed by atoms with Crippen molar-refractivity contribution in [1.29, 1.82) is 5.26 Å². The molecule has 1 N–H and O–H groups in total. The van der Waals surface area contributed by atoms with Gasteiger partial charge in [-0.2, -0.15) is 5.26 Å². The van der Waals surface area contributed by atoms with Crippen molar-refractivity contribution in [1.82, 2.24) is 0 Å². The molecule has 2 aromatic rings. The maximum Gasteiger partial charge on any atom is 0.262 e. The lowest BCUT2D eigenvalue weighted by Gasteiger charge is -2.09. The number of benzene rings is 2. The van der Waals surface area contributed by atoms with E-state index in [1.807, 2.05) is 6.07 Å².